The number of nitrogens with zero attached hydrogens (tertiary/aromatic N) is 2. The topological polar surface area (TPSA) is 286 Å². The summed E-state index contributed by atoms with van der Waals surface area (Å²) < 4.78 is 87.2. The number of carbonyl (C=O) groups is 1. The Balaban J connectivity index is 1.10. The largest absolute Gasteiger partial charge is 0.497 e. The van der Waals surface area contributed by atoms with Crippen LogP contribution in [0.3, 0.4) is 0 Å². The molecule has 2 aliphatic heterocycles. The van der Waals surface area contributed by atoms with E-state index in [2.05, 4.69) is 9.97 Å². The Labute approximate surface area is 539 Å². The van der Waals surface area contributed by atoms with E-state index in [4.69, 9.17) is 51.7 Å². The summed E-state index contributed by atoms with van der Waals surface area (Å²) in [6.45, 7) is 1.80. The van der Waals surface area contributed by atoms with Gasteiger partial charge in [-0.1, -0.05) is 109 Å². The number of aromatic amines is 2. The molecule has 0 bridgehead atoms. The third-order valence-electron chi connectivity index (χ3n) is 16.2. The van der Waals surface area contributed by atoms with Gasteiger partial charge in [0.25, 0.3) is 11.1 Å². The van der Waals surface area contributed by atoms with Crippen molar-refractivity contribution in [1.82, 2.24) is 19.1 Å². The third kappa shape index (κ3) is 14.3. The van der Waals surface area contributed by atoms with Crippen molar-refractivity contribution in [1.29, 1.82) is 0 Å². The molecule has 0 amide bonds. The van der Waals surface area contributed by atoms with Gasteiger partial charge in [-0.3, -0.25) is 42.5 Å². The highest BCUT2D eigenvalue weighted by Crippen LogP contribution is 2.66. The van der Waals surface area contributed by atoms with Gasteiger partial charge in [0.2, 0.25) is 5.79 Å². The standard InChI is InChI=1S/C68H73N4O19PS/c1-42-38-71(63(77)69-59(42)73)56-36-54(89-68(45-18-14-11-15-19-45,48-24-32-52(83-8)33-25-48)49-26-34-53(84-9)35-27-49)58(88-56)61(75)90-92(80,93-41-85-62(76)65(3,4)5)91-66(79)37-57(72-39-43(2)60(74)70-64(72)78)87-55(66)40-86-67(44-16-12-10-13-17-44,46-20-28-50(81-6)29-21-46)47-22-30-51(82-7)31-23-47/h10-35,38-39,54-58,61,75,79H,36-37,40-41H2,1-9H3,(H,69,73,77)(H,70,74,78)/t54-,55+,56+,57+,58-,61?,66+,92?/m0/s1. The molecule has 2 aliphatic rings. The lowest BCUT2D eigenvalue weighted by Crippen LogP contribution is -2.46. The molecule has 2 aromatic heterocycles. The Kier molecular flexibility index (Phi) is 20.4. The van der Waals surface area contributed by atoms with Crippen LogP contribution in [0.1, 0.15) is 90.6 Å². The van der Waals surface area contributed by atoms with E-state index in [-0.39, 0.29) is 28.9 Å². The second kappa shape index (κ2) is 28.1. The van der Waals surface area contributed by atoms with Crippen LogP contribution in [0, 0.1) is 19.3 Å². The zero-order valence-electron chi connectivity index (χ0n) is 52.5. The average Bonchev–Trinajstić information content (AvgIpc) is 1.70. The van der Waals surface area contributed by atoms with Gasteiger partial charge >= 0.3 is 24.1 Å². The van der Waals surface area contributed by atoms with Gasteiger partial charge in [0.15, 0.2) is 6.29 Å². The average molecular weight is 1310 g/mol. The van der Waals surface area contributed by atoms with E-state index in [1.165, 1.54) is 54.7 Å². The summed E-state index contributed by atoms with van der Waals surface area (Å²) in [7, 11) is 6.12. The van der Waals surface area contributed by atoms with E-state index >= 15 is 4.57 Å². The van der Waals surface area contributed by atoms with Crippen LogP contribution >= 0.6 is 18.2 Å². The van der Waals surface area contributed by atoms with Crippen LogP contribution in [0.25, 0.3) is 0 Å². The van der Waals surface area contributed by atoms with Crippen LogP contribution in [0.4, 0.5) is 0 Å². The number of methoxy groups -OCH3 is 4. The van der Waals surface area contributed by atoms with Crippen LogP contribution in [0.5, 0.6) is 23.0 Å². The minimum atomic E-state index is -5.33. The van der Waals surface area contributed by atoms with E-state index in [1.54, 1.807) is 118 Å². The van der Waals surface area contributed by atoms with Crippen LogP contribution in [0.15, 0.2) is 189 Å². The third-order valence-corrected chi connectivity index (χ3v) is 19.5. The number of aryl methyl sites for hydroxylation is 2. The highest BCUT2D eigenvalue weighted by atomic mass is 32.7. The maximum Gasteiger partial charge on any atom is 0.397 e. The minimum Gasteiger partial charge on any atom is -0.497 e. The molecule has 0 saturated carbocycles. The van der Waals surface area contributed by atoms with Crippen molar-refractivity contribution < 1.29 is 71.3 Å². The number of aromatic nitrogens is 4. The van der Waals surface area contributed by atoms with E-state index in [1.807, 2.05) is 60.7 Å². The number of esters is 1. The highest BCUT2D eigenvalue weighted by Gasteiger charge is 2.57. The number of carbonyl (C=O) groups excluding carboxylic acids is 1. The SMILES string of the molecule is COc1ccc(C(OC[C@H]2O[C@@H](n3cc(C)c(=O)[nH]c3=O)C[C@@]2(O)OP(=O)(OC(O)[C@H]2O[C@@H](n3cc(C)c(=O)[nH]c3=O)C[C@@H]2OC(c2ccccc2)(c2ccc(OC)cc2)c2ccc(OC)cc2)SCOC(=O)C(C)(C)C)(c2ccccc2)c2ccc(OC)cc2)cc1. The summed E-state index contributed by atoms with van der Waals surface area (Å²) >= 11 is 0.281. The molecule has 4 N–H and O–H groups in total. The van der Waals surface area contributed by atoms with Gasteiger partial charge in [0.05, 0.1) is 53.0 Å². The molecule has 25 heteroatoms. The monoisotopic (exact) mass is 1310 g/mol. The molecule has 490 valence electrons. The minimum absolute atomic E-state index is 0.0963. The Morgan fingerprint density at radius 3 is 1.46 bits per heavy atom. The number of rotatable bonds is 25. The number of aliphatic hydroxyl groups is 2. The first-order valence-electron chi connectivity index (χ1n) is 29.6. The fourth-order valence-electron chi connectivity index (χ4n) is 11.3. The second-order valence-corrected chi connectivity index (χ2v) is 27.2. The number of nitrogens with one attached hydrogen (secondary N) is 2. The second-order valence-electron chi connectivity index (χ2n) is 23.3. The molecule has 2 saturated heterocycles. The van der Waals surface area contributed by atoms with Crippen LogP contribution in [-0.2, 0) is 53.3 Å². The molecule has 0 aliphatic carbocycles. The van der Waals surface area contributed by atoms with Gasteiger partial charge < -0.3 is 52.8 Å². The van der Waals surface area contributed by atoms with Gasteiger partial charge in [0.1, 0.15) is 64.8 Å². The van der Waals surface area contributed by atoms with Crippen LogP contribution in [0.2, 0.25) is 0 Å². The van der Waals surface area contributed by atoms with E-state index in [0.29, 0.717) is 56.4 Å². The Morgan fingerprint density at radius 2 is 1.03 bits per heavy atom. The molecule has 8 atom stereocenters. The number of aliphatic hydroxyl groups excluding tert-OH is 1. The van der Waals surface area contributed by atoms with E-state index < -0.39 is 114 Å². The number of hydrogen-bond donors (Lipinski definition) is 4. The smallest absolute Gasteiger partial charge is 0.397 e. The fraction of sp³-hybridized carbons (Fsp3) is 0.338. The highest BCUT2D eigenvalue weighted by molar-refractivity contribution is 8.55. The van der Waals surface area contributed by atoms with Crippen LogP contribution in [-0.4, -0.2) is 107 Å². The maximum atomic E-state index is 16.3. The summed E-state index contributed by atoms with van der Waals surface area (Å²) in [5.41, 5.74) is -3.73. The maximum absolute atomic E-state index is 16.3. The summed E-state index contributed by atoms with van der Waals surface area (Å²) in [6.07, 6.45) is -8.49. The van der Waals surface area contributed by atoms with Crippen molar-refractivity contribution in [3.63, 3.8) is 0 Å². The lowest BCUT2D eigenvalue weighted by atomic mass is 9.79. The number of benzene rings is 6. The molecule has 4 heterocycles. The molecular formula is C68H73N4O19PS. The summed E-state index contributed by atoms with van der Waals surface area (Å²) in [5.74, 6) is -2.22. The molecule has 10 rings (SSSR count). The van der Waals surface area contributed by atoms with Crippen molar-refractivity contribution in [3.05, 3.63) is 256 Å². The Morgan fingerprint density at radius 1 is 0.624 bits per heavy atom. The summed E-state index contributed by atoms with van der Waals surface area (Å²) in [5, 5.41) is 26.4. The molecule has 2 fully saturated rings. The van der Waals surface area contributed by atoms with E-state index in [9.17, 15) is 34.2 Å². The Bertz CT molecular complexity index is 4090. The van der Waals surface area contributed by atoms with Crippen LogP contribution < -0.4 is 41.4 Å². The normalized spacial score (nSPS) is 20.1. The molecule has 93 heavy (non-hydrogen) atoms. The zero-order chi connectivity index (χ0) is 66.5. The van der Waals surface area contributed by atoms with Gasteiger partial charge in [-0.05, 0) is 117 Å². The first-order valence-corrected chi connectivity index (χ1v) is 32.8. The quantitative estimate of drug-likeness (QED) is 0.0179. The predicted molar refractivity (Wildman–Crippen MR) is 343 cm³/mol. The number of hydrogen-bond acceptors (Lipinski definition) is 20. The van der Waals surface area contributed by atoms with Crippen molar-refractivity contribution in [2.45, 2.75) is 102 Å². The van der Waals surface area contributed by atoms with E-state index in [0.717, 1.165) is 9.13 Å². The summed E-state index contributed by atoms with van der Waals surface area (Å²) in [6, 6.07) is 46.7. The van der Waals surface area contributed by atoms with Crippen molar-refractivity contribution >= 4 is 24.1 Å². The van der Waals surface area contributed by atoms with Gasteiger partial charge in [-0.15, -0.1) is 0 Å². The van der Waals surface area contributed by atoms with Crippen molar-refractivity contribution in [2.24, 2.45) is 5.41 Å². The lowest BCUT2D eigenvalue weighted by molar-refractivity contribution is -0.211. The number of H-pyrrole nitrogens is 2. The number of ether oxygens (including phenoxy) is 9. The first-order chi connectivity index (χ1) is 44.5. The first kappa shape index (κ1) is 67.5. The molecule has 8 aromatic rings. The fourth-order valence-corrected chi connectivity index (χ4v) is 14.3. The summed E-state index contributed by atoms with van der Waals surface area (Å²) in [4.78, 5) is 71.3. The Hall–Kier alpha value is -8.39. The lowest BCUT2D eigenvalue weighted by Gasteiger charge is -2.40. The van der Waals surface area contributed by atoms with Crippen molar-refractivity contribution in [2.75, 3.05) is 41.0 Å². The molecule has 0 spiro atoms. The van der Waals surface area contributed by atoms with Gasteiger partial charge in [-0.25, -0.2) is 14.2 Å². The molecular weight excluding hydrogens is 1240 g/mol. The van der Waals surface area contributed by atoms with Gasteiger partial charge in [0, 0.05) is 41.3 Å². The predicted octanol–water partition coefficient (Wildman–Crippen LogP) is 9.13. The molecule has 0 radical (unpaired) electrons. The molecule has 6 aromatic carbocycles. The van der Waals surface area contributed by atoms with Gasteiger partial charge in [-0.2, -0.15) is 0 Å². The van der Waals surface area contributed by atoms with Crippen molar-refractivity contribution in [3.8, 4) is 23.0 Å². The zero-order valence-corrected chi connectivity index (χ0v) is 54.3. The molecule has 2 unspecified atom stereocenters. The molecule has 23 nitrogen and oxygen atoms in total.